The molecule has 0 aromatic rings. The molecule has 0 saturated carbocycles. The van der Waals surface area contributed by atoms with Gasteiger partial charge in [-0.1, -0.05) is 26.3 Å². The summed E-state index contributed by atoms with van der Waals surface area (Å²) in [5.74, 6) is -1.01. The molecule has 0 aromatic heterocycles. The van der Waals surface area contributed by atoms with E-state index < -0.39 is 18.1 Å². The summed E-state index contributed by atoms with van der Waals surface area (Å²) < 4.78 is 4.85. The summed E-state index contributed by atoms with van der Waals surface area (Å²) in [6.07, 6.45) is 5.96. The van der Waals surface area contributed by atoms with Gasteiger partial charge in [0.2, 0.25) is 17.7 Å². The molecule has 9 nitrogen and oxygen atoms in total. The maximum atomic E-state index is 13.5. The monoisotopic (exact) mass is 506 g/mol. The molecule has 0 spiro atoms. The zero-order chi connectivity index (χ0) is 27.2. The van der Waals surface area contributed by atoms with Crippen LogP contribution in [0.1, 0.15) is 73.6 Å². The third-order valence-electron chi connectivity index (χ3n) is 7.51. The van der Waals surface area contributed by atoms with Crippen LogP contribution in [0.2, 0.25) is 0 Å². The van der Waals surface area contributed by atoms with Crippen molar-refractivity contribution >= 4 is 23.7 Å². The largest absolute Gasteiger partial charge is 0.467 e. The van der Waals surface area contributed by atoms with Crippen LogP contribution in [-0.4, -0.2) is 95.8 Å². The maximum Gasteiger partial charge on any atom is 0.328 e. The zero-order valence-electron chi connectivity index (χ0n) is 23.4. The molecule has 0 radical (unpaired) electrons. The van der Waals surface area contributed by atoms with Gasteiger partial charge in [0, 0.05) is 31.2 Å². The summed E-state index contributed by atoms with van der Waals surface area (Å²) in [5, 5.41) is 3.03. The lowest BCUT2D eigenvalue weighted by Gasteiger charge is -2.39. The first-order chi connectivity index (χ1) is 16.9. The van der Waals surface area contributed by atoms with Crippen molar-refractivity contribution in [1.82, 2.24) is 20.0 Å². The second-order valence-electron chi connectivity index (χ2n) is 10.8. The van der Waals surface area contributed by atoms with E-state index in [2.05, 4.69) is 24.1 Å². The van der Waals surface area contributed by atoms with Crippen LogP contribution in [0.4, 0.5) is 0 Å². The normalized spacial score (nSPS) is 22.9. The molecule has 0 bridgehead atoms. The van der Waals surface area contributed by atoms with E-state index in [0.29, 0.717) is 18.5 Å². The highest BCUT2D eigenvalue weighted by atomic mass is 16.5. The molecule has 2 rings (SSSR count). The standard InChI is InChI=1S/C27H46N4O5/c1-17(2)23(28-24(32)21-12-9-10-14-30(21)18(3)4)26(34)29(7)20(6)16-19(5)25(33)31-15-11-13-22(31)27(35)36-8/h16-18,20-23H,9-15H2,1-8H3,(H,28,32)/b19-16+. The molecule has 3 amide bonds. The number of hydrogen-bond acceptors (Lipinski definition) is 6. The fraction of sp³-hybridized carbons (Fsp3) is 0.778. The molecule has 2 aliphatic heterocycles. The van der Waals surface area contributed by atoms with Gasteiger partial charge in [-0.2, -0.15) is 0 Å². The molecule has 2 saturated heterocycles. The summed E-state index contributed by atoms with van der Waals surface area (Å²) in [6, 6.07) is -1.56. The van der Waals surface area contributed by atoms with Gasteiger partial charge in [-0.25, -0.2) is 4.79 Å². The maximum absolute atomic E-state index is 13.5. The molecule has 2 heterocycles. The Balaban J connectivity index is 2.10. The lowest BCUT2D eigenvalue weighted by atomic mass is 9.97. The van der Waals surface area contributed by atoms with Gasteiger partial charge >= 0.3 is 5.97 Å². The second kappa shape index (κ2) is 13.2. The van der Waals surface area contributed by atoms with Crippen LogP contribution in [0, 0.1) is 5.92 Å². The Morgan fingerprint density at radius 3 is 2.19 bits per heavy atom. The van der Waals surface area contributed by atoms with Crippen molar-refractivity contribution in [3.05, 3.63) is 11.6 Å². The molecule has 2 aliphatic rings. The Morgan fingerprint density at radius 2 is 1.61 bits per heavy atom. The summed E-state index contributed by atoms with van der Waals surface area (Å²) in [5.41, 5.74) is 0.470. The molecule has 204 valence electrons. The van der Waals surface area contributed by atoms with Crippen LogP contribution >= 0.6 is 0 Å². The summed E-state index contributed by atoms with van der Waals surface area (Å²) in [4.78, 5) is 57.1. The van der Waals surface area contributed by atoms with Gasteiger partial charge in [-0.05, 0) is 65.8 Å². The Hall–Kier alpha value is -2.42. The first-order valence-electron chi connectivity index (χ1n) is 13.3. The lowest BCUT2D eigenvalue weighted by molar-refractivity contribution is -0.149. The van der Waals surface area contributed by atoms with E-state index in [0.717, 1.165) is 32.2 Å². The number of rotatable bonds is 9. The predicted octanol–water partition coefficient (Wildman–Crippen LogP) is 2.35. The van der Waals surface area contributed by atoms with Gasteiger partial charge in [0.25, 0.3) is 0 Å². The molecule has 4 atom stereocenters. The van der Waals surface area contributed by atoms with Crippen LogP contribution in [-0.2, 0) is 23.9 Å². The average molecular weight is 507 g/mol. The topological polar surface area (TPSA) is 99.3 Å². The highest BCUT2D eigenvalue weighted by Gasteiger charge is 2.37. The van der Waals surface area contributed by atoms with Crippen LogP contribution in [0.3, 0.4) is 0 Å². The number of hydrogen-bond donors (Lipinski definition) is 1. The second-order valence-corrected chi connectivity index (χ2v) is 10.8. The molecule has 0 aliphatic carbocycles. The molecular formula is C27H46N4O5. The van der Waals surface area contributed by atoms with Crippen molar-refractivity contribution in [3.63, 3.8) is 0 Å². The van der Waals surface area contributed by atoms with E-state index in [1.165, 1.54) is 7.11 Å². The van der Waals surface area contributed by atoms with Crippen molar-refractivity contribution in [2.24, 2.45) is 5.92 Å². The number of methoxy groups -OCH3 is 1. The van der Waals surface area contributed by atoms with Gasteiger partial charge < -0.3 is 19.9 Å². The van der Waals surface area contributed by atoms with Gasteiger partial charge in [-0.3, -0.25) is 19.3 Å². The number of piperidine rings is 1. The van der Waals surface area contributed by atoms with Gasteiger partial charge in [0.15, 0.2) is 0 Å². The molecule has 2 fully saturated rings. The Kier molecular flexibility index (Phi) is 10.9. The summed E-state index contributed by atoms with van der Waals surface area (Å²) in [6.45, 7) is 13.0. The number of nitrogens with zero attached hydrogens (tertiary/aromatic N) is 3. The minimum atomic E-state index is -0.660. The van der Waals surface area contributed by atoms with Gasteiger partial charge in [0.05, 0.1) is 13.2 Å². The highest BCUT2D eigenvalue weighted by molar-refractivity contribution is 5.96. The smallest absolute Gasteiger partial charge is 0.328 e. The minimum Gasteiger partial charge on any atom is -0.467 e. The van der Waals surface area contributed by atoms with E-state index in [9.17, 15) is 19.2 Å². The third-order valence-corrected chi connectivity index (χ3v) is 7.51. The molecule has 36 heavy (non-hydrogen) atoms. The highest BCUT2D eigenvalue weighted by Crippen LogP contribution is 2.22. The zero-order valence-corrected chi connectivity index (χ0v) is 23.4. The number of likely N-dealkylation sites (N-methyl/N-ethyl adjacent to an activating group) is 1. The third kappa shape index (κ3) is 7.08. The van der Waals surface area contributed by atoms with Crippen molar-refractivity contribution in [2.45, 2.75) is 104 Å². The number of nitrogens with one attached hydrogen (secondary N) is 1. The van der Waals surface area contributed by atoms with Crippen LogP contribution in [0.15, 0.2) is 11.6 Å². The van der Waals surface area contributed by atoms with Crippen LogP contribution in [0.5, 0.6) is 0 Å². The number of amides is 3. The van der Waals surface area contributed by atoms with E-state index in [4.69, 9.17) is 4.74 Å². The summed E-state index contributed by atoms with van der Waals surface area (Å²) in [7, 11) is 3.02. The fourth-order valence-corrected chi connectivity index (χ4v) is 5.20. The molecule has 1 N–H and O–H groups in total. The molecular weight excluding hydrogens is 460 g/mol. The van der Waals surface area contributed by atoms with Crippen LogP contribution < -0.4 is 5.32 Å². The molecule has 9 heteroatoms. The van der Waals surface area contributed by atoms with Crippen molar-refractivity contribution in [3.8, 4) is 0 Å². The number of ether oxygens (including phenoxy) is 1. The Morgan fingerprint density at radius 1 is 0.972 bits per heavy atom. The Bertz CT molecular complexity index is 840. The minimum absolute atomic E-state index is 0.0932. The van der Waals surface area contributed by atoms with Crippen molar-refractivity contribution < 1.29 is 23.9 Å². The number of carbonyl (C=O) groups excluding carboxylic acids is 4. The fourth-order valence-electron chi connectivity index (χ4n) is 5.20. The van der Waals surface area contributed by atoms with Crippen LogP contribution in [0.25, 0.3) is 0 Å². The number of likely N-dealkylation sites (tertiary alicyclic amines) is 2. The first kappa shape index (κ1) is 29.8. The average Bonchev–Trinajstić information content (AvgIpc) is 3.34. The first-order valence-corrected chi connectivity index (χ1v) is 13.3. The number of carbonyl (C=O) groups is 4. The van der Waals surface area contributed by atoms with E-state index in [1.54, 1.807) is 29.8 Å². The predicted molar refractivity (Wildman–Crippen MR) is 139 cm³/mol. The molecule has 4 unspecified atom stereocenters. The quantitative estimate of drug-likeness (QED) is 0.381. The van der Waals surface area contributed by atoms with E-state index in [1.807, 2.05) is 20.8 Å². The van der Waals surface area contributed by atoms with Crippen molar-refractivity contribution in [2.75, 3.05) is 27.2 Å². The summed E-state index contributed by atoms with van der Waals surface area (Å²) >= 11 is 0. The molecule has 0 aromatic carbocycles. The lowest BCUT2D eigenvalue weighted by Crippen LogP contribution is -2.58. The number of esters is 1. The van der Waals surface area contributed by atoms with E-state index in [-0.39, 0.29) is 41.8 Å². The van der Waals surface area contributed by atoms with Gasteiger partial charge in [-0.15, -0.1) is 0 Å². The SMILES string of the molecule is COC(=O)C1CCCN1C(=O)/C(C)=C/C(C)N(C)C(=O)C(NC(=O)C1CCCCN1C(C)C)C(C)C. The van der Waals surface area contributed by atoms with Crippen molar-refractivity contribution in [1.29, 1.82) is 0 Å². The van der Waals surface area contributed by atoms with Gasteiger partial charge in [0.1, 0.15) is 12.1 Å². The Labute approximate surface area is 216 Å². The van der Waals surface area contributed by atoms with E-state index >= 15 is 0 Å².